The summed E-state index contributed by atoms with van der Waals surface area (Å²) in [5.74, 6) is 0.235. The van der Waals surface area contributed by atoms with Crippen LogP contribution in [0.3, 0.4) is 0 Å². The van der Waals surface area contributed by atoms with E-state index in [1.807, 2.05) is 35.4 Å². The number of halogens is 2. The molecule has 3 heterocycles. The molecule has 2 aromatic carbocycles. The molecular weight excluding hydrogens is 515 g/mol. The zero-order valence-corrected chi connectivity index (χ0v) is 23.5. The molecule has 0 saturated carbocycles. The summed E-state index contributed by atoms with van der Waals surface area (Å²) < 4.78 is 0. The summed E-state index contributed by atoms with van der Waals surface area (Å²) in [6, 6.07) is 16.6. The summed E-state index contributed by atoms with van der Waals surface area (Å²) in [5, 5.41) is 4.61. The number of anilines is 2. The van der Waals surface area contributed by atoms with Gasteiger partial charge in [-0.05, 0) is 78.4 Å². The van der Waals surface area contributed by atoms with Crippen molar-refractivity contribution in [2.24, 2.45) is 5.92 Å². The van der Waals surface area contributed by atoms with Crippen molar-refractivity contribution in [3.63, 3.8) is 0 Å². The predicted octanol–water partition coefficient (Wildman–Crippen LogP) is 6.82. The van der Waals surface area contributed by atoms with Gasteiger partial charge in [0.1, 0.15) is 5.70 Å². The molecule has 3 aliphatic rings. The van der Waals surface area contributed by atoms with Gasteiger partial charge < -0.3 is 20.0 Å². The minimum atomic E-state index is -0.0556. The average Bonchev–Trinajstić information content (AvgIpc) is 3.08. The molecule has 1 unspecified atom stereocenters. The monoisotopic (exact) mass is 548 g/mol. The number of rotatable bonds is 6. The molecule has 0 bridgehead atoms. The number of piperazine rings is 1. The van der Waals surface area contributed by atoms with Gasteiger partial charge in [-0.15, -0.1) is 0 Å². The Bertz CT molecular complexity index is 1290. The Morgan fingerprint density at radius 3 is 2.16 bits per heavy atom. The quantitative estimate of drug-likeness (QED) is 0.429. The lowest BCUT2D eigenvalue weighted by molar-refractivity contribution is -0.118. The number of carbonyl (C=O) groups excluding carboxylic acids is 1. The number of carbonyl (C=O) groups is 1. The van der Waals surface area contributed by atoms with Crippen LogP contribution in [0.15, 0.2) is 95.0 Å². The molecule has 5 rings (SSSR count). The summed E-state index contributed by atoms with van der Waals surface area (Å²) in [6.07, 6.45) is 9.54. The molecule has 1 fully saturated rings. The molecule has 0 aromatic heterocycles. The summed E-state index contributed by atoms with van der Waals surface area (Å²) >= 11 is 12.3. The second-order valence-corrected chi connectivity index (χ2v) is 10.9. The van der Waals surface area contributed by atoms with E-state index >= 15 is 0 Å². The van der Waals surface area contributed by atoms with E-state index in [1.54, 1.807) is 0 Å². The molecule has 3 aliphatic heterocycles. The maximum absolute atomic E-state index is 13.5. The normalized spacial score (nSPS) is 19.6. The second-order valence-electron chi connectivity index (χ2n) is 10.0. The maximum atomic E-state index is 13.5. The van der Waals surface area contributed by atoms with Crippen LogP contribution >= 0.6 is 23.2 Å². The number of hydrogen-bond acceptors (Lipinski definition) is 4. The van der Waals surface area contributed by atoms with Gasteiger partial charge in [0.25, 0.3) is 5.91 Å². The van der Waals surface area contributed by atoms with E-state index in [2.05, 4.69) is 71.4 Å². The van der Waals surface area contributed by atoms with Crippen LogP contribution in [0.1, 0.15) is 32.3 Å². The van der Waals surface area contributed by atoms with Crippen molar-refractivity contribution in [3.05, 3.63) is 106 Å². The summed E-state index contributed by atoms with van der Waals surface area (Å²) in [7, 11) is 0. The number of nitrogens with zero attached hydrogens (tertiary/aromatic N) is 3. The molecule has 1 atom stereocenters. The van der Waals surface area contributed by atoms with Gasteiger partial charge in [-0.2, -0.15) is 0 Å². The fourth-order valence-corrected chi connectivity index (χ4v) is 5.71. The van der Waals surface area contributed by atoms with Crippen molar-refractivity contribution in [1.82, 2.24) is 10.2 Å². The summed E-state index contributed by atoms with van der Waals surface area (Å²) in [6.45, 7) is 8.64. The minimum absolute atomic E-state index is 0.0556. The standard InChI is InChI=1S/C31H34Cl2N4O/c1-3-29-22(2)4-9-28-20-25(33)14-15-37(28)30(29)31(38)34-21-23-5-10-26(11-6-23)35-16-18-36(19-17-35)27-12-7-24(32)8-13-27/h5-15,20,22H,3-4,16-19,21H2,1-2H3,(H,34,38). The highest BCUT2D eigenvalue weighted by molar-refractivity contribution is 6.31. The predicted molar refractivity (Wildman–Crippen MR) is 158 cm³/mol. The Labute approximate surface area is 235 Å². The number of fused-ring (bicyclic) bond motifs is 1. The molecular formula is C31H34Cl2N4O. The van der Waals surface area contributed by atoms with Gasteiger partial charge in [-0.3, -0.25) is 4.79 Å². The number of benzene rings is 2. The van der Waals surface area contributed by atoms with E-state index in [0.29, 0.717) is 17.5 Å². The third-order valence-electron chi connectivity index (χ3n) is 7.59. The van der Waals surface area contributed by atoms with Crippen molar-refractivity contribution < 1.29 is 4.79 Å². The number of allylic oxidation sites excluding steroid dienone is 5. The number of hydrogen-bond donors (Lipinski definition) is 1. The maximum Gasteiger partial charge on any atom is 0.268 e. The van der Waals surface area contributed by atoms with E-state index in [-0.39, 0.29) is 5.91 Å². The van der Waals surface area contributed by atoms with Crippen molar-refractivity contribution in [2.75, 3.05) is 36.0 Å². The van der Waals surface area contributed by atoms with Crippen molar-refractivity contribution in [3.8, 4) is 0 Å². The molecule has 1 saturated heterocycles. The zero-order valence-electron chi connectivity index (χ0n) is 22.0. The first-order valence-corrected chi connectivity index (χ1v) is 14.1. The highest BCUT2D eigenvalue weighted by Gasteiger charge is 2.28. The van der Waals surface area contributed by atoms with Crippen LogP contribution in [0.5, 0.6) is 0 Å². The van der Waals surface area contributed by atoms with Gasteiger partial charge in [0, 0.05) is 66.1 Å². The molecule has 5 nitrogen and oxygen atoms in total. The Kier molecular flexibility index (Phi) is 8.15. The molecule has 198 valence electrons. The highest BCUT2D eigenvalue weighted by atomic mass is 35.5. The van der Waals surface area contributed by atoms with Crippen molar-refractivity contribution in [2.45, 2.75) is 33.2 Å². The van der Waals surface area contributed by atoms with Gasteiger partial charge in [0.15, 0.2) is 0 Å². The average molecular weight is 550 g/mol. The zero-order chi connectivity index (χ0) is 26.6. The Morgan fingerprint density at radius 2 is 1.55 bits per heavy atom. The lowest BCUT2D eigenvalue weighted by atomic mass is 9.93. The van der Waals surface area contributed by atoms with Crippen LogP contribution in [-0.2, 0) is 11.3 Å². The van der Waals surface area contributed by atoms with E-state index in [1.165, 1.54) is 11.4 Å². The van der Waals surface area contributed by atoms with Crippen LogP contribution in [-0.4, -0.2) is 37.0 Å². The molecule has 1 N–H and O–H groups in total. The molecule has 2 aromatic rings. The first-order valence-electron chi connectivity index (χ1n) is 13.3. The van der Waals surface area contributed by atoms with Crippen molar-refractivity contribution in [1.29, 1.82) is 0 Å². The molecule has 38 heavy (non-hydrogen) atoms. The van der Waals surface area contributed by atoms with E-state index in [0.717, 1.165) is 66.6 Å². The lowest BCUT2D eigenvalue weighted by Gasteiger charge is -2.37. The van der Waals surface area contributed by atoms with Crippen LogP contribution < -0.4 is 15.1 Å². The number of nitrogens with one attached hydrogen (secondary N) is 1. The Morgan fingerprint density at radius 1 is 0.947 bits per heavy atom. The lowest BCUT2D eigenvalue weighted by Crippen LogP contribution is -2.46. The van der Waals surface area contributed by atoms with Crippen LogP contribution in [0, 0.1) is 5.92 Å². The topological polar surface area (TPSA) is 38.8 Å². The van der Waals surface area contributed by atoms with E-state index < -0.39 is 0 Å². The molecule has 1 amide bonds. The summed E-state index contributed by atoms with van der Waals surface area (Å²) in [4.78, 5) is 20.3. The van der Waals surface area contributed by atoms with Gasteiger partial charge in [-0.1, -0.05) is 55.3 Å². The third kappa shape index (κ3) is 5.79. The van der Waals surface area contributed by atoms with Gasteiger partial charge in [0.2, 0.25) is 0 Å². The SMILES string of the molecule is CCC1=C(C(=O)NCc2ccc(N3CCN(c4ccc(Cl)cc4)CC3)cc2)N2C=CC(Cl)=CC2=CCC1C. The van der Waals surface area contributed by atoms with E-state index in [9.17, 15) is 4.79 Å². The Balaban J connectivity index is 1.21. The minimum Gasteiger partial charge on any atom is -0.368 e. The van der Waals surface area contributed by atoms with Crippen LogP contribution in [0.25, 0.3) is 0 Å². The smallest absolute Gasteiger partial charge is 0.268 e. The largest absolute Gasteiger partial charge is 0.368 e. The first kappa shape index (κ1) is 26.5. The van der Waals surface area contributed by atoms with E-state index in [4.69, 9.17) is 23.2 Å². The van der Waals surface area contributed by atoms with Gasteiger partial charge in [-0.25, -0.2) is 0 Å². The molecule has 0 radical (unpaired) electrons. The molecule has 0 spiro atoms. The fraction of sp³-hybridized carbons (Fsp3) is 0.323. The first-order chi connectivity index (χ1) is 18.4. The second kappa shape index (κ2) is 11.7. The molecule has 0 aliphatic carbocycles. The third-order valence-corrected chi connectivity index (χ3v) is 8.08. The highest BCUT2D eigenvalue weighted by Crippen LogP contribution is 2.34. The fourth-order valence-electron chi connectivity index (χ4n) is 5.42. The van der Waals surface area contributed by atoms with Gasteiger partial charge in [0.05, 0.1) is 0 Å². The van der Waals surface area contributed by atoms with Crippen LogP contribution in [0.2, 0.25) is 5.02 Å². The number of amides is 1. The van der Waals surface area contributed by atoms with Gasteiger partial charge >= 0.3 is 0 Å². The molecule has 7 heteroatoms. The van der Waals surface area contributed by atoms with Crippen molar-refractivity contribution >= 4 is 40.5 Å². The van der Waals surface area contributed by atoms with Crippen LogP contribution in [0.4, 0.5) is 11.4 Å². The Hall–Kier alpha value is -3.15. The summed E-state index contributed by atoms with van der Waals surface area (Å²) in [5.41, 5.74) is 6.34.